The van der Waals surface area contributed by atoms with Gasteiger partial charge in [-0.2, -0.15) is 0 Å². The molecule has 0 heterocycles. The number of allylic oxidation sites excluding steroid dienone is 1. The molecule has 0 saturated carbocycles. The molecule has 0 saturated heterocycles. The normalized spacial score (nSPS) is 11.8. The van der Waals surface area contributed by atoms with Crippen LogP contribution in [0.1, 0.15) is 34.1 Å². The second-order valence-electron chi connectivity index (χ2n) is 5.04. The van der Waals surface area contributed by atoms with Crippen molar-refractivity contribution in [3.05, 3.63) is 11.6 Å². The number of rotatable bonds is 7. The summed E-state index contributed by atoms with van der Waals surface area (Å²) in [6.45, 7) is 8.44. The number of nitrogens with one attached hydrogen (secondary N) is 2. The predicted molar refractivity (Wildman–Crippen MR) is 71.4 cm³/mol. The van der Waals surface area contributed by atoms with Gasteiger partial charge in [-0.1, -0.05) is 25.5 Å². The molecule has 18 heavy (non-hydrogen) atoms. The van der Waals surface area contributed by atoms with Gasteiger partial charge in [0.1, 0.15) is 0 Å². The summed E-state index contributed by atoms with van der Waals surface area (Å²) in [6, 6.07) is -0.331. The first kappa shape index (κ1) is 16.5. The molecule has 104 valence electrons. The van der Waals surface area contributed by atoms with Crippen LogP contribution in [-0.2, 0) is 4.79 Å². The van der Waals surface area contributed by atoms with Gasteiger partial charge in [0, 0.05) is 13.1 Å². The first-order valence-corrected chi connectivity index (χ1v) is 6.20. The third kappa shape index (κ3) is 8.61. The maximum Gasteiger partial charge on any atom is 0.315 e. The summed E-state index contributed by atoms with van der Waals surface area (Å²) in [6.07, 6.45) is 2.45. The largest absolute Gasteiger partial charge is 0.481 e. The van der Waals surface area contributed by atoms with Crippen LogP contribution in [-0.4, -0.2) is 30.2 Å². The lowest BCUT2D eigenvalue weighted by molar-refractivity contribution is -0.142. The monoisotopic (exact) mass is 256 g/mol. The molecule has 5 nitrogen and oxygen atoms in total. The van der Waals surface area contributed by atoms with Crippen LogP contribution in [0.2, 0.25) is 0 Å². The minimum Gasteiger partial charge on any atom is -0.481 e. The van der Waals surface area contributed by atoms with Gasteiger partial charge in [-0.3, -0.25) is 4.79 Å². The Hall–Kier alpha value is -1.52. The van der Waals surface area contributed by atoms with Gasteiger partial charge in [0.2, 0.25) is 0 Å². The number of carbonyl (C=O) groups is 2. The van der Waals surface area contributed by atoms with Crippen LogP contribution in [0.5, 0.6) is 0 Å². The van der Waals surface area contributed by atoms with Crippen LogP contribution in [0.15, 0.2) is 11.6 Å². The van der Waals surface area contributed by atoms with Crippen molar-refractivity contribution in [1.29, 1.82) is 0 Å². The average Bonchev–Trinajstić information content (AvgIpc) is 2.22. The number of carboxylic acid groups (broad SMARTS) is 1. The van der Waals surface area contributed by atoms with Crippen LogP contribution in [0.25, 0.3) is 0 Å². The highest BCUT2D eigenvalue weighted by atomic mass is 16.4. The van der Waals surface area contributed by atoms with Crippen LogP contribution >= 0.6 is 0 Å². The van der Waals surface area contributed by atoms with Crippen molar-refractivity contribution in [2.75, 3.05) is 13.1 Å². The Morgan fingerprint density at radius 2 is 1.83 bits per heavy atom. The molecule has 0 aliphatic rings. The highest BCUT2D eigenvalue weighted by Crippen LogP contribution is 2.10. The zero-order valence-corrected chi connectivity index (χ0v) is 11.6. The smallest absolute Gasteiger partial charge is 0.315 e. The molecule has 3 N–H and O–H groups in total. The van der Waals surface area contributed by atoms with E-state index in [1.54, 1.807) is 0 Å². The van der Waals surface area contributed by atoms with Gasteiger partial charge in [-0.15, -0.1) is 0 Å². The Kier molecular flexibility index (Phi) is 7.83. The summed E-state index contributed by atoms with van der Waals surface area (Å²) in [5.41, 5.74) is 1.12. The Bertz CT molecular complexity index is 307. The zero-order chi connectivity index (χ0) is 14.1. The fourth-order valence-corrected chi connectivity index (χ4v) is 1.47. The molecular formula is C13H24N2O3. The number of urea groups is 1. The molecule has 0 rings (SSSR count). The zero-order valence-electron chi connectivity index (χ0n) is 11.6. The van der Waals surface area contributed by atoms with Crippen LogP contribution in [0.4, 0.5) is 4.79 Å². The van der Waals surface area contributed by atoms with E-state index in [2.05, 4.69) is 10.6 Å². The fourth-order valence-electron chi connectivity index (χ4n) is 1.47. The molecule has 1 atom stereocenters. The van der Waals surface area contributed by atoms with E-state index in [-0.39, 0.29) is 12.6 Å². The van der Waals surface area contributed by atoms with E-state index >= 15 is 0 Å². The lowest BCUT2D eigenvalue weighted by Crippen LogP contribution is -2.40. The van der Waals surface area contributed by atoms with Crippen molar-refractivity contribution in [2.45, 2.75) is 34.1 Å². The lowest BCUT2D eigenvalue weighted by atomic mass is 9.97. The summed E-state index contributed by atoms with van der Waals surface area (Å²) in [5.74, 6) is -1.10. The van der Waals surface area contributed by atoms with E-state index < -0.39 is 11.9 Å². The first-order chi connectivity index (χ1) is 8.32. The highest BCUT2D eigenvalue weighted by Gasteiger charge is 2.19. The molecule has 0 fully saturated rings. The Morgan fingerprint density at radius 1 is 1.22 bits per heavy atom. The van der Waals surface area contributed by atoms with Crippen molar-refractivity contribution < 1.29 is 14.7 Å². The van der Waals surface area contributed by atoms with Gasteiger partial charge >= 0.3 is 12.0 Å². The van der Waals surface area contributed by atoms with Crippen LogP contribution in [0.3, 0.4) is 0 Å². The molecule has 0 aromatic heterocycles. The molecule has 0 bridgehead atoms. The van der Waals surface area contributed by atoms with Gasteiger partial charge in [0.05, 0.1) is 5.92 Å². The fraction of sp³-hybridized carbons (Fsp3) is 0.692. The highest BCUT2D eigenvalue weighted by molar-refractivity contribution is 5.75. The van der Waals surface area contributed by atoms with Crippen LogP contribution < -0.4 is 10.6 Å². The summed E-state index contributed by atoms with van der Waals surface area (Å²) in [4.78, 5) is 22.4. The van der Waals surface area contributed by atoms with E-state index in [0.29, 0.717) is 18.9 Å². The van der Waals surface area contributed by atoms with E-state index in [1.807, 2.05) is 33.8 Å². The molecule has 0 spiro atoms. The van der Waals surface area contributed by atoms with E-state index in [4.69, 9.17) is 5.11 Å². The lowest BCUT2D eigenvalue weighted by Gasteiger charge is -2.15. The summed E-state index contributed by atoms with van der Waals surface area (Å²) < 4.78 is 0. The van der Waals surface area contributed by atoms with Crippen molar-refractivity contribution >= 4 is 12.0 Å². The summed E-state index contributed by atoms with van der Waals surface area (Å²) >= 11 is 0. The van der Waals surface area contributed by atoms with Crippen molar-refractivity contribution in [2.24, 2.45) is 11.8 Å². The maximum atomic E-state index is 11.4. The average molecular weight is 256 g/mol. The minimum absolute atomic E-state index is 0.161. The Labute approximate surface area is 109 Å². The number of amides is 2. The first-order valence-electron chi connectivity index (χ1n) is 6.20. The van der Waals surface area contributed by atoms with E-state index in [0.717, 1.165) is 5.57 Å². The van der Waals surface area contributed by atoms with Gasteiger partial charge < -0.3 is 15.7 Å². The third-order valence-corrected chi connectivity index (χ3v) is 2.39. The third-order valence-electron chi connectivity index (χ3n) is 2.39. The van der Waals surface area contributed by atoms with Gasteiger partial charge in [0.25, 0.3) is 0 Å². The van der Waals surface area contributed by atoms with Crippen molar-refractivity contribution in [1.82, 2.24) is 10.6 Å². The SMILES string of the molecule is CC(C)=CCNC(=O)NCC(CC(C)C)C(=O)O. The second kappa shape index (κ2) is 8.55. The summed E-state index contributed by atoms with van der Waals surface area (Å²) in [7, 11) is 0. The topological polar surface area (TPSA) is 78.4 Å². The minimum atomic E-state index is -0.867. The van der Waals surface area contributed by atoms with Gasteiger partial charge in [-0.25, -0.2) is 4.79 Å². The van der Waals surface area contributed by atoms with Crippen molar-refractivity contribution in [3.8, 4) is 0 Å². The molecule has 0 radical (unpaired) electrons. The predicted octanol–water partition coefficient (Wildman–Crippen LogP) is 2.00. The Morgan fingerprint density at radius 3 is 2.28 bits per heavy atom. The molecule has 2 amide bonds. The van der Waals surface area contributed by atoms with E-state index in [1.165, 1.54) is 0 Å². The maximum absolute atomic E-state index is 11.4. The molecule has 0 aromatic carbocycles. The number of hydrogen-bond donors (Lipinski definition) is 3. The molecule has 0 aromatic rings. The molecule has 0 aliphatic heterocycles. The van der Waals surface area contributed by atoms with Crippen LogP contribution in [0, 0.1) is 11.8 Å². The summed E-state index contributed by atoms with van der Waals surface area (Å²) in [5, 5.41) is 14.2. The number of carbonyl (C=O) groups excluding carboxylic acids is 1. The quantitative estimate of drug-likeness (QED) is 0.610. The van der Waals surface area contributed by atoms with Gasteiger partial charge in [-0.05, 0) is 26.2 Å². The van der Waals surface area contributed by atoms with Gasteiger partial charge in [0.15, 0.2) is 0 Å². The van der Waals surface area contributed by atoms with E-state index in [9.17, 15) is 9.59 Å². The number of carboxylic acids is 1. The number of hydrogen-bond acceptors (Lipinski definition) is 2. The molecule has 0 aliphatic carbocycles. The Balaban J connectivity index is 4.00. The van der Waals surface area contributed by atoms with Crippen molar-refractivity contribution in [3.63, 3.8) is 0 Å². The molecular weight excluding hydrogens is 232 g/mol. The standard InChI is InChI=1S/C13H24N2O3/c1-9(2)5-6-14-13(18)15-8-11(12(16)17)7-10(3)4/h5,10-11H,6-8H2,1-4H3,(H,16,17)(H2,14,15,18). The molecule has 5 heteroatoms. The number of aliphatic carboxylic acids is 1. The molecule has 1 unspecified atom stereocenters. The second-order valence-corrected chi connectivity index (χ2v) is 5.04.